The highest BCUT2D eigenvalue weighted by Gasteiger charge is 2.28. The molecule has 0 bridgehead atoms. The summed E-state index contributed by atoms with van der Waals surface area (Å²) in [5.41, 5.74) is 2.01. The van der Waals surface area contributed by atoms with Crippen molar-refractivity contribution in [2.75, 3.05) is 68.7 Å². The van der Waals surface area contributed by atoms with E-state index in [-0.39, 0.29) is 11.8 Å². The zero-order chi connectivity index (χ0) is 26.2. The van der Waals surface area contributed by atoms with Gasteiger partial charge in [0, 0.05) is 39.0 Å². The molecule has 2 aliphatic heterocycles. The van der Waals surface area contributed by atoms with Crippen LogP contribution in [0.5, 0.6) is 23.0 Å². The second-order valence-corrected chi connectivity index (χ2v) is 9.29. The van der Waals surface area contributed by atoms with Gasteiger partial charge in [0.05, 0.1) is 40.3 Å². The summed E-state index contributed by atoms with van der Waals surface area (Å²) in [7, 11) is 10.5. The smallest absolute Gasteiger partial charge is 0.161 e. The average molecular weight is 499 g/mol. The monoisotopic (exact) mass is 498 g/mol. The number of carbonyl (C=O) groups excluding carboxylic acids is 2. The number of likely N-dealkylation sites (tertiary alicyclic amines) is 2. The van der Waals surface area contributed by atoms with Crippen LogP contribution in [-0.4, -0.2) is 90.1 Å². The number of Topliss-reactive ketones (excluding diaryl/α,β-unsaturated/α-hetero) is 2. The van der Waals surface area contributed by atoms with Gasteiger partial charge in [-0.15, -0.1) is 0 Å². The summed E-state index contributed by atoms with van der Waals surface area (Å²) in [6, 6.07) is 11.4. The Kier molecular flexibility index (Phi) is 9.73. The van der Waals surface area contributed by atoms with Crippen LogP contribution in [0, 0.1) is 0 Å². The van der Waals surface area contributed by atoms with Crippen molar-refractivity contribution in [2.45, 2.75) is 24.7 Å². The number of benzene rings is 2. The molecule has 0 aliphatic carbocycles. The molecule has 0 saturated carbocycles. The molecule has 0 radical (unpaired) electrons. The fraction of sp³-hybridized carbons (Fsp3) is 0.500. The SMILES string of the molecule is COc1ccc(C2CN(C)CCC2=O)cc1OC.COc1ccc(C2CN(C)CCC2=O)cc1OC. The lowest BCUT2D eigenvalue weighted by Crippen LogP contribution is -2.36. The van der Waals surface area contributed by atoms with Crippen LogP contribution in [0.2, 0.25) is 0 Å². The Hall–Kier alpha value is -3.10. The zero-order valence-corrected chi connectivity index (χ0v) is 22.2. The van der Waals surface area contributed by atoms with Gasteiger partial charge < -0.3 is 28.7 Å². The highest BCUT2D eigenvalue weighted by Crippen LogP contribution is 2.33. The molecule has 2 heterocycles. The first-order chi connectivity index (χ1) is 17.3. The maximum Gasteiger partial charge on any atom is 0.161 e. The van der Waals surface area contributed by atoms with Crippen LogP contribution in [0.15, 0.2) is 36.4 Å². The number of nitrogens with zero attached hydrogens (tertiary/aromatic N) is 2. The van der Waals surface area contributed by atoms with E-state index < -0.39 is 0 Å². The Morgan fingerprint density at radius 1 is 0.611 bits per heavy atom. The van der Waals surface area contributed by atoms with Gasteiger partial charge >= 0.3 is 0 Å². The minimum Gasteiger partial charge on any atom is -0.493 e. The van der Waals surface area contributed by atoms with Gasteiger partial charge in [0.2, 0.25) is 0 Å². The Morgan fingerprint density at radius 2 is 0.972 bits per heavy atom. The Balaban J connectivity index is 0.000000201. The minimum atomic E-state index is -0.0523. The van der Waals surface area contributed by atoms with Crippen molar-refractivity contribution in [1.29, 1.82) is 0 Å². The lowest BCUT2D eigenvalue weighted by Gasteiger charge is -2.29. The Labute approximate surface area is 214 Å². The van der Waals surface area contributed by atoms with Crippen LogP contribution in [0.3, 0.4) is 0 Å². The second kappa shape index (κ2) is 12.7. The first kappa shape index (κ1) is 27.5. The molecule has 0 N–H and O–H groups in total. The van der Waals surface area contributed by atoms with Gasteiger partial charge in [0.25, 0.3) is 0 Å². The number of hydrogen-bond acceptors (Lipinski definition) is 8. The summed E-state index contributed by atoms with van der Waals surface area (Å²) in [5.74, 6) is 3.25. The molecule has 2 aliphatic rings. The Morgan fingerprint density at radius 3 is 1.31 bits per heavy atom. The number of rotatable bonds is 6. The van der Waals surface area contributed by atoms with E-state index in [1.807, 2.05) is 50.5 Å². The van der Waals surface area contributed by atoms with E-state index >= 15 is 0 Å². The Bertz CT molecular complexity index is 973. The molecule has 2 aromatic carbocycles. The molecule has 0 aromatic heterocycles. The molecule has 196 valence electrons. The molecule has 2 fully saturated rings. The third-order valence-electron chi connectivity index (χ3n) is 6.87. The van der Waals surface area contributed by atoms with E-state index in [0.29, 0.717) is 47.4 Å². The highest BCUT2D eigenvalue weighted by atomic mass is 16.5. The summed E-state index contributed by atoms with van der Waals surface area (Å²) >= 11 is 0. The largest absolute Gasteiger partial charge is 0.493 e. The lowest BCUT2D eigenvalue weighted by atomic mass is 9.89. The summed E-state index contributed by atoms with van der Waals surface area (Å²) in [6.07, 6.45) is 1.24. The van der Waals surface area contributed by atoms with Crippen molar-refractivity contribution in [2.24, 2.45) is 0 Å². The van der Waals surface area contributed by atoms with E-state index in [4.69, 9.17) is 18.9 Å². The van der Waals surface area contributed by atoms with Gasteiger partial charge in [-0.05, 0) is 49.5 Å². The lowest BCUT2D eigenvalue weighted by molar-refractivity contribution is -0.123. The predicted molar refractivity (Wildman–Crippen MR) is 139 cm³/mol. The molecule has 4 rings (SSSR count). The number of methoxy groups -OCH3 is 4. The van der Waals surface area contributed by atoms with E-state index in [1.54, 1.807) is 28.4 Å². The fourth-order valence-corrected chi connectivity index (χ4v) is 4.68. The molecule has 0 spiro atoms. The normalized spacial score (nSPS) is 20.8. The first-order valence-corrected chi connectivity index (χ1v) is 12.2. The molecule has 2 aromatic rings. The third-order valence-corrected chi connectivity index (χ3v) is 6.87. The van der Waals surface area contributed by atoms with Crippen LogP contribution in [0.1, 0.15) is 35.8 Å². The van der Waals surface area contributed by atoms with Crippen molar-refractivity contribution >= 4 is 11.6 Å². The first-order valence-electron chi connectivity index (χ1n) is 12.2. The van der Waals surface area contributed by atoms with Gasteiger partial charge in [-0.2, -0.15) is 0 Å². The molecule has 2 unspecified atom stereocenters. The minimum absolute atomic E-state index is 0.0523. The summed E-state index contributed by atoms with van der Waals surface area (Å²) in [6.45, 7) is 3.24. The molecule has 8 nitrogen and oxygen atoms in total. The van der Waals surface area contributed by atoms with E-state index in [9.17, 15) is 9.59 Å². The summed E-state index contributed by atoms with van der Waals surface area (Å²) in [4.78, 5) is 28.4. The van der Waals surface area contributed by atoms with Gasteiger partial charge in [-0.3, -0.25) is 9.59 Å². The number of piperidine rings is 2. The summed E-state index contributed by atoms with van der Waals surface area (Å²) in [5, 5.41) is 0. The van der Waals surface area contributed by atoms with Crippen molar-refractivity contribution in [1.82, 2.24) is 9.80 Å². The van der Waals surface area contributed by atoms with Crippen molar-refractivity contribution in [3.05, 3.63) is 47.5 Å². The van der Waals surface area contributed by atoms with E-state index in [0.717, 1.165) is 37.3 Å². The van der Waals surface area contributed by atoms with Crippen molar-refractivity contribution in [3.8, 4) is 23.0 Å². The number of carbonyl (C=O) groups is 2. The maximum absolute atomic E-state index is 12.0. The van der Waals surface area contributed by atoms with Gasteiger partial charge in [0.15, 0.2) is 23.0 Å². The van der Waals surface area contributed by atoms with Crippen molar-refractivity contribution in [3.63, 3.8) is 0 Å². The molecule has 0 amide bonds. The third kappa shape index (κ3) is 6.56. The fourth-order valence-electron chi connectivity index (χ4n) is 4.68. The predicted octanol–water partition coefficient (Wildman–Crippen LogP) is 3.38. The van der Waals surface area contributed by atoms with Crippen LogP contribution in [0.25, 0.3) is 0 Å². The zero-order valence-electron chi connectivity index (χ0n) is 22.2. The second-order valence-electron chi connectivity index (χ2n) is 9.29. The summed E-state index contributed by atoms with van der Waals surface area (Å²) < 4.78 is 21.0. The van der Waals surface area contributed by atoms with E-state index in [2.05, 4.69) is 9.80 Å². The molecule has 8 heteroatoms. The van der Waals surface area contributed by atoms with Crippen molar-refractivity contribution < 1.29 is 28.5 Å². The van der Waals surface area contributed by atoms with Crippen LogP contribution >= 0.6 is 0 Å². The molecular formula is C28H38N2O6. The molecule has 2 saturated heterocycles. The molecular weight excluding hydrogens is 460 g/mol. The van der Waals surface area contributed by atoms with Gasteiger partial charge in [-0.1, -0.05) is 12.1 Å². The maximum atomic E-state index is 12.0. The van der Waals surface area contributed by atoms with Crippen LogP contribution < -0.4 is 18.9 Å². The topological polar surface area (TPSA) is 77.5 Å². The number of ether oxygens (including phenoxy) is 4. The van der Waals surface area contributed by atoms with Gasteiger partial charge in [0.1, 0.15) is 11.6 Å². The molecule has 2 atom stereocenters. The van der Waals surface area contributed by atoms with Gasteiger partial charge in [-0.25, -0.2) is 0 Å². The highest BCUT2D eigenvalue weighted by molar-refractivity contribution is 5.87. The quantitative estimate of drug-likeness (QED) is 0.600. The molecule has 36 heavy (non-hydrogen) atoms. The number of ketones is 2. The van der Waals surface area contributed by atoms with Crippen LogP contribution in [0.4, 0.5) is 0 Å². The number of likely N-dealkylation sites (N-methyl/N-ethyl adjacent to an activating group) is 2. The standard InChI is InChI=1S/2C14H19NO3/c2*1-15-7-6-12(16)11(9-15)10-4-5-13(17-2)14(8-10)18-3/h2*4-5,8,11H,6-7,9H2,1-3H3. The average Bonchev–Trinajstić information content (AvgIpc) is 2.90. The van der Waals surface area contributed by atoms with E-state index in [1.165, 1.54) is 0 Å². The number of hydrogen-bond donors (Lipinski definition) is 0. The van der Waals surface area contributed by atoms with Crippen LogP contribution in [-0.2, 0) is 9.59 Å².